The minimum Gasteiger partial charge on any atom is -0.295 e. The summed E-state index contributed by atoms with van der Waals surface area (Å²) in [6, 6.07) is 6.19. The number of allylic oxidation sites excluding steroid dienone is 1. The lowest BCUT2D eigenvalue weighted by Crippen LogP contribution is -1.84. The Kier molecular flexibility index (Phi) is 3.02. The summed E-state index contributed by atoms with van der Waals surface area (Å²) < 4.78 is 0. The van der Waals surface area contributed by atoms with Gasteiger partial charge < -0.3 is 0 Å². The molecule has 0 N–H and O–H groups in total. The Morgan fingerprint density at radius 3 is 2.54 bits per heavy atom. The van der Waals surface area contributed by atoms with Crippen LogP contribution < -0.4 is 0 Å². The Labute approximate surface area is 79.1 Å². The van der Waals surface area contributed by atoms with Crippen LogP contribution in [0.4, 0.5) is 0 Å². The second-order valence-corrected chi connectivity index (χ2v) is 3.30. The number of carbonyl (C=O) groups is 1. The van der Waals surface area contributed by atoms with E-state index in [2.05, 4.69) is 13.0 Å². The summed E-state index contributed by atoms with van der Waals surface area (Å²) in [5.74, 6) is 0.0833. The minimum atomic E-state index is 0.0833. The van der Waals surface area contributed by atoms with Crippen LogP contribution in [0.2, 0.25) is 0 Å². The quantitative estimate of drug-likeness (QED) is 0.630. The highest BCUT2D eigenvalue weighted by atomic mass is 16.1. The number of benzene rings is 1. The molecule has 0 heterocycles. The third-order valence-electron chi connectivity index (χ3n) is 1.92. The van der Waals surface area contributed by atoms with Gasteiger partial charge >= 0.3 is 0 Å². The molecule has 1 aromatic rings. The SMILES string of the molecule is CC(=O)/C=C\c1ccc(C)cc1C. The Balaban J connectivity index is 2.96. The highest BCUT2D eigenvalue weighted by Gasteiger charge is 1.93. The van der Waals surface area contributed by atoms with Crippen molar-refractivity contribution in [2.75, 3.05) is 0 Å². The fourth-order valence-electron chi connectivity index (χ4n) is 1.22. The maximum atomic E-state index is 10.7. The van der Waals surface area contributed by atoms with Gasteiger partial charge in [-0.1, -0.05) is 29.8 Å². The summed E-state index contributed by atoms with van der Waals surface area (Å²) >= 11 is 0. The molecule has 68 valence electrons. The van der Waals surface area contributed by atoms with E-state index in [4.69, 9.17) is 0 Å². The van der Waals surface area contributed by atoms with Crippen molar-refractivity contribution >= 4 is 11.9 Å². The zero-order valence-electron chi connectivity index (χ0n) is 8.29. The highest BCUT2D eigenvalue weighted by Crippen LogP contribution is 2.11. The number of hydrogen-bond acceptors (Lipinski definition) is 1. The molecule has 0 saturated carbocycles. The maximum Gasteiger partial charge on any atom is 0.152 e. The van der Waals surface area contributed by atoms with Gasteiger partial charge in [0.25, 0.3) is 0 Å². The van der Waals surface area contributed by atoms with E-state index in [1.165, 1.54) is 11.1 Å². The predicted octanol–water partition coefficient (Wildman–Crippen LogP) is 2.91. The monoisotopic (exact) mass is 174 g/mol. The molecule has 13 heavy (non-hydrogen) atoms. The standard InChI is InChI=1S/C12H14O/c1-9-4-6-12(10(2)8-9)7-5-11(3)13/h4-8H,1-3H3/b7-5-. The normalized spacial score (nSPS) is 10.7. The van der Waals surface area contributed by atoms with E-state index in [1.807, 2.05) is 25.1 Å². The molecule has 0 aliphatic carbocycles. The molecule has 0 aliphatic heterocycles. The summed E-state index contributed by atoms with van der Waals surface area (Å²) in [6.45, 7) is 5.66. The van der Waals surface area contributed by atoms with Crippen LogP contribution in [0.15, 0.2) is 24.3 Å². The molecule has 0 aliphatic rings. The lowest BCUT2D eigenvalue weighted by Gasteiger charge is -2.00. The fourth-order valence-corrected chi connectivity index (χ4v) is 1.22. The van der Waals surface area contributed by atoms with Crippen molar-refractivity contribution in [1.82, 2.24) is 0 Å². The summed E-state index contributed by atoms with van der Waals surface area (Å²) in [4.78, 5) is 10.7. The second kappa shape index (κ2) is 4.04. The van der Waals surface area contributed by atoms with Crippen molar-refractivity contribution < 1.29 is 4.79 Å². The molecule has 1 rings (SSSR count). The van der Waals surface area contributed by atoms with Gasteiger partial charge in [-0.25, -0.2) is 0 Å². The Hall–Kier alpha value is -1.37. The molecule has 0 aromatic heterocycles. The molecule has 0 spiro atoms. The molecule has 1 heteroatoms. The van der Waals surface area contributed by atoms with Crippen molar-refractivity contribution in [2.45, 2.75) is 20.8 Å². The summed E-state index contributed by atoms with van der Waals surface area (Å²) in [6.07, 6.45) is 3.45. The Morgan fingerprint density at radius 2 is 2.00 bits per heavy atom. The van der Waals surface area contributed by atoms with E-state index in [9.17, 15) is 4.79 Å². The van der Waals surface area contributed by atoms with Crippen molar-refractivity contribution in [3.05, 3.63) is 41.0 Å². The predicted molar refractivity (Wildman–Crippen MR) is 55.6 cm³/mol. The van der Waals surface area contributed by atoms with Crippen LogP contribution in [0.3, 0.4) is 0 Å². The first-order chi connectivity index (χ1) is 6.09. The zero-order valence-corrected chi connectivity index (χ0v) is 8.29. The van der Waals surface area contributed by atoms with E-state index in [0.29, 0.717) is 0 Å². The molecule has 1 aromatic carbocycles. The molecular formula is C12H14O. The molecule has 0 atom stereocenters. The van der Waals surface area contributed by atoms with Gasteiger partial charge in [-0.2, -0.15) is 0 Å². The lowest BCUT2D eigenvalue weighted by atomic mass is 10.1. The number of rotatable bonds is 2. The van der Waals surface area contributed by atoms with Gasteiger partial charge in [0.1, 0.15) is 0 Å². The molecule has 0 bridgehead atoms. The number of carbonyl (C=O) groups excluding carboxylic acids is 1. The van der Waals surface area contributed by atoms with E-state index < -0.39 is 0 Å². The first-order valence-corrected chi connectivity index (χ1v) is 4.35. The lowest BCUT2D eigenvalue weighted by molar-refractivity contribution is -0.112. The molecule has 0 fully saturated rings. The molecule has 0 saturated heterocycles. The van der Waals surface area contributed by atoms with Crippen LogP contribution in [0, 0.1) is 13.8 Å². The van der Waals surface area contributed by atoms with Gasteiger partial charge in [0, 0.05) is 0 Å². The second-order valence-electron chi connectivity index (χ2n) is 3.30. The Bertz CT molecular complexity index is 348. The van der Waals surface area contributed by atoms with Gasteiger partial charge in [0.2, 0.25) is 0 Å². The van der Waals surface area contributed by atoms with Crippen LogP contribution >= 0.6 is 0 Å². The van der Waals surface area contributed by atoms with Crippen molar-refractivity contribution in [2.24, 2.45) is 0 Å². The molecule has 0 unspecified atom stereocenters. The first kappa shape index (κ1) is 9.72. The fraction of sp³-hybridized carbons (Fsp3) is 0.250. The van der Waals surface area contributed by atoms with E-state index in [1.54, 1.807) is 13.0 Å². The van der Waals surface area contributed by atoms with Gasteiger partial charge in [-0.05, 0) is 38.0 Å². The minimum absolute atomic E-state index is 0.0833. The first-order valence-electron chi connectivity index (χ1n) is 4.35. The maximum absolute atomic E-state index is 10.7. The average molecular weight is 174 g/mol. The molecule has 0 radical (unpaired) electrons. The Morgan fingerprint density at radius 1 is 1.31 bits per heavy atom. The average Bonchev–Trinajstić information content (AvgIpc) is 2.02. The largest absolute Gasteiger partial charge is 0.295 e. The summed E-state index contributed by atoms with van der Waals surface area (Å²) in [7, 11) is 0. The van der Waals surface area contributed by atoms with Gasteiger partial charge in [-0.3, -0.25) is 4.79 Å². The van der Waals surface area contributed by atoms with Crippen LogP contribution in [0.1, 0.15) is 23.6 Å². The van der Waals surface area contributed by atoms with Crippen molar-refractivity contribution in [3.8, 4) is 0 Å². The van der Waals surface area contributed by atoms with Crippen LogP contribution in [0.5, 0.6) is 0 Å². The smallest absolute Gasteiger partial charge is 0.152 e. The van der Waals surface area contributed by atoms with E-state index >= 15 is 0 Å². The third kappa shape index (κ3) is 2.86. The molecular weight excluding hydrogens is 160 g/mol. The zero-order chi connectivity index (χ0) is 9.84. The van der Waals surface area contributed by atoms with Crippen LogP contribution in [-0.2, 0) is 4.79 Å². The van der Waals surface area contributed by atoms with Gasteiger partial charge in [0.15, 0.2) is 5.78 Å². The molecule has 0 amide bonds. The summed E-state index contributed by atoms with van der Waals surface area (Å²) in [5, 5.41) is 0. The van der Waals surface area contributed by atoms with Crippen LogP contribution in [-0.4, -0.2) is 5.78 Å². The van der Waals surface area contributed by atoms with Gasteiger partial charge in [0.05, 0.1) is 0 Å². The van der Waals surface area contributed by atoms with E-state index in [-0.39, 0.29) is 5.78 Å². The summed E-state index contributed by atoms with van der Waals surface area (Å²) in [5.41, 5.74) is 3.57. The number of aryl methyl sites for hydroxylation is 2. The van der Waals surface area contributed by atoms with Crippen LogP contribution in [0.25, 0.3) is 6.08 Å². The number of hydrogen-bond donors (Lipinski definition) is 0. The molecule has 1 nitrogen and oxygen atoms in total. The van der Waals surface area contributed by atoms with Gasteiger partial charge in [-0.15, -0.1) is 0 Å². The topological polar surface area (TPSA) is 17.1 Å². The highest BCUT2D eigenvalue weighted by molar-refractivity contribution is 5.91. The van der Waals surface area contributed by atoms with Crippen molar-refractivity contribution in [3.63, 3.8) is 0 Å². The third-order valence-corrected chi connectivity index (χ3v) is 1.92. The van der Waals surface area contributed by atoms with Crippen molar-refractivity contribution in [1.29, 1.82) is 0 Å². The number of ketones is 1. The van der Waals surface area contributed by atoms with E-state index in [0.717, 1.165) is 5.56 Å².